The quantitative estimate of drug-likeness (QED) is 0.466. The molecule has 4 rings (SSSR count). The van der Waals surface area contributed by atoms with Gasteiger partial charge in [0.1, 0.15) is 5.82 Å². The van der Waals surface area contributed by atoms with Gasteiger partial charge in [-0.25, -0.2) is 4.98 Å². The van der Waals surface area contributed by atoms with Crippen LogP contribution in [0, 0.1) is 0 Å². The zero-order valence-electron chi connectivity index (χ0n) is 14.0. The maximum absolute atomic E-state index is 4.97. The molecule has 0 aliphatic heterocycles. The Balaban J connectivity index is 2.07. The molecular formula is C22H20N2. The number of aromatic nitrogens is 2. The van der Waals surface area contributed by atoms with E-state index in [0.29, 0.717) is 5.92 Å². The highest BCUT2D eigenvalue weighted by Crippen LogP contribution is 2.33. The molecule has 3 aromatic carbocycles. The van der Waals surface area contributed by atoms with Gasteiger partial charge in [-0.1, -0.05) is 68.4 Å². The van der Waals surface area contributed by atoms with E-state index in [1.165, 1.54) is 11.1 Å². The second kappa shape index (κ2) is 5.97. The van der Waals surface area contributed by atoms with Gasteiger partial charge in [-0.2, -0.15) is 0 Å². The Hall–Kier alpha value is -2.87. The lowest BCUT2D eigenvalue weighted by atomic mass is 9.97. The summed E-state index contributed by atoms with van der Waals surface area (Å²) in [6.45, 7) is 4.46. The molecule has 2 nitrogen and oxygen atoms in total. The van der Waals surface area contributed by atoms with Crippen LogP contribution in [0.25, 0.3) is 28.1 Å². The number of hydrogen-bond donors (Lipinski definition) is 0. The van der Waals surface area contributed by atoms with Gasteiger partial charge in [-0.05, 0) is 35.7 Å². The Kier molecular flexibility index (Phi) is 3.66. The first kappa shape index (κ1) is 14.7. The standard InChI is InChI=1S/C22H20N2/c1-16(2)18-12-6-7-13-19(18)22-23-20-14-8-9-15-21(20)24(22)17-10-4-3-5-11-17/h3-16H,1-2H3. The van der Waals surface area contributed by atoms with E-state index in [9.17, 15) is 0 Å². The molecule has 0 aliphatic rings. The molecule has 0 N–H and O–H groups in total. The summed E-state index contributed by atoms with van der Waals surface area (Å²) in [6.07, 6.45) is 0. The monoisotopic (exact) mass is 312 g/mol. The van der Waals surface area contributed by atoms with Crippen molar-refractivity contribution in [2.45, 2.75) is 19.8 Å². The van der Waals surface area contributed by atoms with Crippen molar-refractivity contribution in [3.63, 3.8) is 0 Å². The summed E-state index contributed by atoms with van der Waals surface area (Å²) in [4.78, 5) is 4.97. The minimum atomic E-state index is 0.449. The predicted molar refractivity (Wildman–Crippen MR) is 101 cm³/mol. The van der Waals surface area contributed by atoms with Crippen LogP contribution in [0.5, 0.6) is 0 Å². The molecule has 1 heterocycles. The first-order valence-corrected chi connectivity index (χ1v) is 8.38. The van der Waals surface area contributed by atoms with Crippen molar-refractivity contribution in [1.82, 2.24) is 9.55 Å². The number of fused-ring (bicyclic) bond motifs is 1. The normalized spacial score (nSPS) is 11.3. The molecule has 0 amide bonds. The summed E-state index contributed by atoms with van der Waals surface area (Å²) in [5.74, 6) is 1.46. The summed E-state index contributed by atoms with van der Waals surface area (Å²) < 4.78 is 2.26. The molecular weight excluding hydrogens is 292 g/mol. The van der Waals surface area contributed by atoms with Crippen LogP contribution in [0.1, 0.15) is 25.3 Å². The average Bonchev–Trinajstić information content (AvgIpc) is 3.01. The van der Waals surface area contributed by atoms with E-state index < -0.39 is 0 Å². The summed E-state index contributed by atoms with van der Waals surface area (Å²) in [6, 6.07) is 27.4. The molecule has 0 saturated carbocycles. The van der Waals surface area contributed by atoms with Gasteiger partial charge in [-0.15, -0.1) is 0 Å². The zero-order chi connectivity index (χ0) is 16.5. The molecule has 0 atom stereocenters. The molecule has 0 bridgehead atoms. The van der Waals surface area contributed by atoms with Crippen molar-refractivity contribution < 1.29 is 0 Å². The molecule has 24 heavy (non-hydrogen) atoms. The van der Waals surface area contributed by atoms with Gasteiger partial charge in [0, 0.05) is 11.3 Å². The molecule has 0 unspecified atom stereocenters. The number of imidazole rings is 1. The van der Waals surface area contributed by atoms with Gasteiger partial charge in [0.25, 0.3) is 0 Å². The smallest absolute Gasteiger partial charge is 0.146 e. The SMILES string of the molecule is CC(C)c1ccccc1-c1nc2ccccc2n1-c1ccccc1. The third-order valence-corrected chi connectivity index (χ3v) is 4.40. The fourth-order valence-corrected chi connectivity index (χ4v) is 3.25. The van der Waals surface area contributed by atoms with E-state index in [2.05, 4.69) is 85.1 Å². The Labute approximate surface area is 142 Å². The molecule has 0 fully saturated rings. The summed E-state index contributed by atoms with van der Waals surface area (Å²) in [5, 5.41) is 0. The van der Waals surface area contributed by atoms with Crippen LogP contribution in [-0.2, 0) is 0 Å². The van der Waals surface area contributed by atoms with Crippen molar-refractivity contribution in [1.29, 1.82) is 0 Å². The molecule has 0 radical (unpaired) electrons. The number of rotatable bonds is 3. The maximum Gasteiger partial charge on any atom is 0.146 e. The van der Waals surface area contributed by atoms with Crippen LogP contribution in [0.4, 0.5) is 0 Å². The molecule has 4 aromatic rings. The van der Waals surface area contributed by atoms with Gasteiger partial charge in [-0.3, -0.25) is 4.57 Å². The lowest BCUT2D eigenvalue weighted by molar-refractivity contribution is 0.865. The third kappa shape index (κ3) is 2.41. The van der Waals surface area contributed by atoms with Gasteiger partial charge in [0.2, 0.25) is 0 Å². The molecule has 1 aromatic heterocycles. The third-order valence-electron chi connectivity index (χ3n) is 4.40. The average molecular weight is 312 g/mol. The largest absolute Gasteiger partial charge is 0.292 e. The molecule has 0 saturated heterocycles. The number of para-hydroxylation sites is 3. The number of benzene rings is 3. The first-order valence-electron chi connectivity index (χ1n) is 8.38. The van der Waals surface area contributed by atoms with Crippen LogP contribution in [0.15, 0.2) is 78.9 Å². The van der Waals surface area contributed by atoms with Crippen LogP contribution in [0.3, 0.4) is 0 Å². The van der Waals surface area contributed by atoms with Gasteiger partial charge in [0.15, 0.2) is 0 Å². The summed E-state index contributed by atoms with van der Waals surface area (Å²) in [7, 11) is 0. The van der Waals surface area contributed by atoms with Crippen molar-refractivity contribution >= 4 is 11.0 Å². The lowest BCUT2D eigenvalue weighted by Gasteiger charge is -2.14. The summed E-state index contributed by atoms with van der Waals surface area (Å²) in [5.41, 5.74) is 5.82. The minimum Gasteiger partial charge on any atom is -0.292 e. The maximum atomic E-state index is 4.97. The second-order valence-corrected chi connectivity index (χ2v) is 6.34. The van der Waals surface area contributed by atoms with Crippen molar-refractivity contribution in [3.8, 4) is 17.1 Å². The molecule has 118 valence electrons. The van der Waals surface area contributed by atoms with Crippen LogP contribution in [0.2, 0.25) is 0 Å². The van der Waals surface area contributed by atoms with E-state index >= 15 is 0 Å². The van der Waals surface area contributed by atoms with Gasteiger partial charge >= 0.3 is 0 Å². The Morgan fingerprint density at radius 1 is 0.750 bits per heavy atom. The van der Waals surface area contributed by atoms with E-state index in [-0.39, 0.29) is 0 Å². The van der Waals surface area contributed by atoms with Crippen molar-refractivity contribution in [2.24, 2.45) is 0 Å². The van der Waals surface area contributed by atoms with Gasteiger partial charge < -0.3 is 0 Å². The molecule has 2 heteroatoms. The van der Waals surface area contributed by atoms with Crippen LogP contribution in [-0.4, -0.2) is 9.55 Å². The van der Waals surface area contributed by atoms with E-state index in [1.54, 1.807) is 0 Å². The fourth-order valence-electron chi connectivity index (χ4n) is 3.25. The number of nitrogens with zero attached hydrogens (tertiary/aromatic N) is 2. The molecule has 0 spiro atoms. The molecule has 0 aliphatic carbocycles. The van der Waals surface area contributed by atoms with E-state index in [1.807, 2.05) is 12.1 Å². The first-order chi connectivity index (χ1) is 11.8. The topological polar surface area (TPSA) is 17.8 Å². The predicted octanol–water partition coefficient (Wildman–Crippen LogP) is 5.82. The lowest BCUT2D eigenvalue weighted by Crippen LogP contribution is -2.00. The second-order valence-electron chi connectivity index (χ2n) is 6.34. The van der Waals surface area contributed by atoms with Crippen LogP contribution < -0.4 is 0 Å². The number of hydrogen-bond acceptors (Lipinski definition) is 1. The Morgan fingerprint density at radius 2 is 1.42 bits per heavy atom. The minimum absolute atomic E-state index is 0.449. The van der Waals surface area contributed by atoms with Crippen LogP contribution >= 0.6 is 0 Å². The highest BCUT2D eigenvalue weighted by Gasteiger charge is 2.17. The Morgan fingerprint density at radius 3 is 2.21 bits per heavy atom. The van der Waals surface area contributed by atoms with E-state index in [4.69, 9.17) is 4.98 Å². The van der Waals surface area contributed by atoms with Crippen molar-refractivity contribution in [2.75, 3.05) is 0 Å². The van der Waals surface area contributed by atoms with E-state index in [0.717, 1.165) is 22.5 Å². The highest BCUT2D eigenvalue weighted by molar-refractivity contribution is 5.83. The fraction of sp³-hybridized carbons (Fsp3) is 0.136. The van der Waals surface area contributed by atoms with Crippen molar-refractivity contribution in [3.05, 3.63) is 84.4 Å². The van der Waals surface area contributed by atoms with Gasteiger partial charge in [0.05, 0.1) is 11.0 Å². The zero-order valence-corrected chi connectivity index (χ0v) is 14.0. The Bertz CT molecular complexity index is 981. The summed E-state index contributed by atoms with van der Waals surface area (Å²) >= 11 is 0. The highest BCUT2D eigenvalue weighted by atomic mass is 15.1.